The van der Waals surface area contributed by atoms with Gasteiger partial charge in [-0.1, -0.05) is 0 Å². The summed E-state index contributed by atoms with van der Waals surface area (Å²) in [4.78, 5) is 24.0. The van der Waals surface area contributed by atoms with Crippen molar-refractivity contribution < 1.29 is 23.5 Å². The fourth-order valence-corrected chi connectivity index (χ4v) is 1.92. The molecule has 0 bridgehead atoms. The number of hydrogen-bond acceptors (Lipinski definition) is 4. The number of methoxy groups -OCH3 is 1. The average molecular weight is 365 g/mol. The maximum absolute atomic E-state index is 13.4. The normalized spacial score (nSPS) is 18.7. The van der Waals surface area contributed by atoms with Crippen LogP contribution in [0.4, 0.5) is 14.9 Å². The van der Waals surface area contributed by atoms with E-state index in [0.717, 1.165) is 0 Å². The Bertz CT molecular complexity index is 508. The molecule has 5 nitrogen and oxygen atoms in total. The maximum atomic E-state index is 13.4. The molecule has 7 heteroatoms. The summed E-state index contributed by atoms with van der Waals surface area (Å²) >= 11 is 1.85. The molecule has 1 atom stereocenters. The summed E-state index contributed by atoms with van der Waals surface area (Å²) in [7, 11) is 1.21. The van der Waals surface area contributed by atoms with Crippen molar-refractivity contribution in [1.82, 2.24) is 0 Å². The minimum absolute atomic E-state index is 0.0194. The van der Waals surface area contributed by atoms with Crippen LogP contribution in [-0.4, -0.2) is 31.8 Å². The van der Waals surface area contributed by atoms with Gasteiger partial charge in [0.05, 0.1) is 19.3 Å². The van der Waals surface area contributed by atoms with Crippen LogP contribution in [0.2, 0.25) is 0 Å². The molecule has 1 saturated heterocycles. The summed E-state index contributed by atoms with van der Waals surface area (Å²) < 4.78 is 23.2. The van der Waals surface area contributed by atoms with Crippen molar-refractivity contribution in [2.24, 2.45) is 0 Å². The number of carbonyl (C=O) groups excluding carboxylic acids is 2. The Hall–Kier alpha value is -1.38. The number of benzene rings is 1. The van der Waals surface area contributed by atoms with Crippen LogP contribution in [0.25, 0.3) is 0 Å². The molecule has 0 unspecified atom stereocenters. The van der Waals surface area contributed by atoms with Crippen LogP contribution >= 0.6 is 22.6 Å². The Morgan fingerprint density at radius 2 is 2.33 bits per heavy atom. The lowest BCUT2D eigenvalue weighted by atomic mass is 10.2. The maximum Gasteiger partial charge on any atom is 0.415 e. The molecular formula is C11H9FINO4. The van der Waals surface area contributed by atoms with E-state index in [1.165, 1.54) is 18.1 Å². The van der Waals surface area contributed by atoms with Crippen LogP contribution < -0.4 is 4.90 Å². The van der Waals surface area contributed by atoms with Gasteiger partial charge in [0, 0.05) is 3.57 Å². The van der Waals surface area contributed by atoms with Crippen LogP contribution in [0, 0.1) is 9.39 Å². The summed E-state index contributed by atoms with van der Waals surface area (Å²) in [6.45, 7) is 0.0194. The zero-order valence-electron chi connectivity index (χ0n) is 9.35. The van der Waals surface area contributed by atoms with Gasteiger partial charge >= 0.3 is 12.1 Å². The van der Waals surface area contributed by atoms with E-state index >= 15 is 0 Å². The lowest BCUT2D eigenvalue weighted by Crippen LogP contribution is -2.28. The van der Waals surface area contributed by atoms with E-state index in [1.807, 2.05) is 22.6 Å². The van der Waals surface area contributed by atoms with Crippen LogP contribution in [0.15, 0.2) is 18.2 Å². The van der Waals surface area contributed by atoms with Crippen molar-refractivity contribution in [3.63, 3.8) is 0 Å². The number of ether oxygens (including phenoxy) is 2. The topological polar surface area (TPSA) is 55.8 Å². The minimum Gasteiger partial charge on any atom is -0.466 e. The highest BCUT2D eigenvalue weighted by molar-refractivity contribution is 14.1. The molecule has 1 amide bonds. The number of rotatable bonds is 2. The molecule has 1 fully saturated rings. The molecular weight excluding hydrogens is 356 g/mol. The molecule has 1 aromatic carbocycles. The fraction of sp³-hybridized carbons (Fsp3) is 0.273. The average Bonchev–Trinajstić information content (AvgIpc) is 2.74. The summed E-state index contributed by atoms with van der Waals surface area (Å²) in [5, 5.41) is 0. The predicted octanol–water partition coefficient (Wildman–Crippen LogP) is 1.93. The molecule has 0 aliphatic carbocycles. The zero-order chi connectivity index (χ0) is 13.3. The third kappa shape index (κ3) is 2.40. The van der Waals surface area contributed by atoms with Gasteiger partial charge in [0.2, 0.25) is 6.10 Å². The number of anilines is 1. The highest BCUT2D eigenvalue weighted by Crippen LogP contribution is 2.24. The number of amides is 1. The number of hydrogen-bond donors (Lipinski definition) is 0. The minimum atomic E-state index is -0.968. The number of carbonyl (C=O) groups is 2. The smallest absolute Gasteiger partial charge is 0.415 e. The standard InChI is InChI=1S/C11H9FINO4/c1-17-10(15)9-5-14(11(16)18-9)6-2-3-8(13)7(12)4-6/h2-4,9H,5H2,1H3/t9-/m1/s1. The van der Waals surface area contributed by atoms with Crippen LogP contribution in [0.3, 0.4) is 0 Å². The lowest BCUT2D eigenvalue weighted by Gasteiger charge is -2.12. The van der Waals surface area contributed by atoms with Crippen molar-refractivity contribution in [2.45, 2.75) is 6.10 Å². The molecule has 1 aliphatic rings. The van der Waals surface area contributed by atoms with E-state index in [2.05, 4.69) is 4.74 Å². The van der Waals surface area contributed by atoms with Crippen molar-refractivity contribution in [3.05, 3.63) is 27.6 Å². The first-order chi connectivity index (χ1) is 8.52. The molecule has 2 rings (SSSR count). The second-order valence-corrected chi connectivity index (χ2v) is 4.77. The predicted molar refractivity (Wildman–Crippen MR) is 68.7 cm³/mol. The highest BCUT2D eigenvalue weighted by atomic mass is 127. The lowest BCUT2D eigenvalue weighted by molar-refractivity contribution is -0.148. The first-order valence-corrected chi connectivity index (χ1v) is 6.12. The summed E-state index contributed by atoms with van der Waals surface area (Å²) in [6, 6.07) is 4.36. The van der Waals surface area contributed by atoms with E-state index in [0.29, 0.717) is 9.26 Å². The van der Waals surface area contributed by atoms with Crippen molar-refractivity contribution in [3.8, 4) is 0 Å². The largest absolute Gasteiger partial charge is 0.466 e. The Balaban J connectivity index is 2.21. The van der Waals surface area contributed by atoms with Crippen molar-refractivity contribution in [1.29, 1.82) is 0 Å². The summed E-state index contributed by atoms with van der Waals surface area (Å²) in [5.74, 6) is -1.06. The Morgan fingerprint density at radius 3 is 2.94 bits per heavy atom. The summed E-state index contributed by atoms with van der Waals surface area (Å²) in [6.07, 6.45) is -1.66. The number of halogens is 2. The molecule has 0 saturated carbocycles. The molecule has 1 aromatic rings. The fourth-order valence-electron chi connectivity index (χ4n) is 1.58. The number of esters is 1. The van der Waals surface area contributed by atoms with E-state index < -0.39 is 24.0 Å². The Kier molecular flexibility index (Phi) is 3.69. The first kappa shape index (κ1) is 13.1. The Labute approximate surface area is 116 Å². The van der Waals surface area contributed by atoms with Gasteiger partial charge in [-0.15, -0.1) is 0 Å². The first-order valence-electron chi connectivity index (χ1n) is 5.04. The SMILES string of the molecule is COC(=O)[C@H]1CN(c2ccc(I)c(F)c2)C(=O)O1. The molecule has 96 valence electrons. The van der Waals surface area contributed by atoms with Crippen LogP contribution in [0.1, 0.15) is 0 Å². The molecule has 0 N–H and O–H groups in total. The molecule has 1 heterocycles. The van der Waals surface area contributed by atoms with E-state index in [4.69, 9.17) is 4.74 Å². The van der Waals surface area contributed by atoms with Crippen molar-refractivity contribution in [2.75, 3.05) is 18.6 Å². The second-order valence-electron chi connectivity index (χ2n) is 3.60. The molecule has 0 spiro atoms. The van der Waals surface area contributed by atoms with Gasteiger partial charge < -0.3 is 9.47 Å². The van der Waals surface area contributed by atoms with E-state index in [-0.39, 0.29) is 6.54 Å². The second kappa shape index (κ2) is 5.09. The highest BCUT2D eigenvalue weighted by Gasteiger charge is 2.37. The van der Waals surface area contributed by atoms with Gasteiger partial charge in [-0.05, 0) is 40.8 Å². The van der Waals surface area contributed by atoms with Gasteiger partial charge in [0.15, 0.2) is 0 Å². The van der Waals surface area contributed by atoms with Crippen LogP contribution in [0.5, 0.6) is 0 Å². The van der Waals surface area contributed by atoms with Gasteiger partial charge in [-0.3, -0.25) is 4.90 Å². The van der Waals surface area contributed by atoms with Gasteiger partial charge in [-0.2, -0.15) is 0 Å². The Morgan fingerprint density at radius 1 is 1.61 bits per heavy atom. The van der Waals surface area contributed by atoms with Gasteiger partial charge in [0.1, 0.15) is 5.82 Å². The third-order valence-corrected chi connectivity index (χ3v) is 3.37. The molecule has 0 radical (unpaired) electrons. The zero-order valence-corrected chi connectivity index (χ0v) is 11.5. The van der Waals surface area contributed by atoms with E-state index in [9.17, 15) is 14.0 Å². The molecule has 1 aliphatic heterocycles. The summed E-state index contributed by atoms with van der Waals surface area (Å²) in [5.41, 5.74) is 0.351. The van der Waals surface area contributed by atoms with Crippen molar-refractivity contribution >= 4 is 40.3 Å². The van der Waals surface area contributed by atoms with Gasteiger partial charge in [0.25, 0.3) is 0 Å². The monoisotopic (exact) mass is 365 g/mol. The third-order valence-electron chi connectivity index (χ3n) is 2.49. The quantitative estimate of drug-likeness (QED) is 0.594. The van der Waals surface area contributed by atoms with E-state index in [1.54, 1.807) is 12.1 Å². The van der Waals surface area contributed by atoms with Gasteiger partial charge in [-0.25, -0.2) is 14.0 Å². The number of nitrogens with zero attached hydrogens (tertiary/aromatic N) is 1. The molecule has 0 aromatic heterocycles. The molecule has 18 heavy (non-hydrogen) atoms. The number of cyclic esters (lactones) is 1. The van der Waals surface area contributed by atoms with Crippen LogP contribution in [-0.2, 0) is 14.3 Å².